The van der Waals surface area contributed by atoms with Crippen molar-refractivity contribution in [3.05, 3.63) is 34.3 Å². The Hall–Kier alpha value is -1.56. The molecular formula is C12H15BrN2O3. The van der Waals surface area contributed by atoms with Crippen LogP contribution in [0.1, 0.15) is 12.5 Å². The zero-order chi connectivity index (χ0) is 13.7. The van der Waals surface area contributed by atoms with Gasteiger partial charge in [0.15, 0.2) is 0 Å². The lowest BCUT2D eigenvalue weighted by Gasteiger charge is -2.20. The van der Waals surface area contributed by atoms with E-state index in [4.69, 9.17) is 5.11 Å². The average Bonchev–Trinajstić information content (AvgIpc) is 2.31. The van der Waals surface area contributed by atoms with Crippen LogP contribution in [0.4, 0.5) is 4.79 Å². The number of urea groups is 1. The third-order valence-corrected chi connectivity index (χ3v) is 3.20. The summed E-state index contributed by atoms with van der Waals surface area (Å²) < 4.78 is 0.913. The number of carboxylic acid groups (broad SMARTS) is 1. The number of nitrogens with one attached hydrogen (secondary N) is 1. The Kier molecular flexibility index (Phi) is 5.15. The monoisotopic (exact) mass is 314 g/mol. The quantitative estimate of drug-likeness (QED) is 0.893. The molecule has 6 heteroatoms. The van der Waals surface area contributed by atoms with Gasteiger partial charge in [-0.25, -0.2) is 4.79 Å². The van der Waals surface area contributed by atoms with Gasteiger partial charge in [0, 0.05) is 18.1 Å². The lowest BCUT2D eigenvalue weighted by molar-refractivity contribution is -0.138. The summed E-state index contributed by atoms with van der Waals surface area (Å²) in [5.41, 5.74) is 0.957. The Morgan fingerprint density at radius 2 is 2.06 bits per heavy atom. The second kappa shape index (κ2) is 6.39. The van der Waals surface area contributed by atoms with E-state index in [0.717, 1.165) is 10.0 Å². The first-order valence-electron chi connectivity index (χ1n) is 5.39. The molecule has 0 aliphatic heterocycles. The number of amides is 2. The zero-order valence-corrected chi connectivity index (χ0v) is 11.8. The number of hydrogen-bond acceptors (Lipinski definition) is 2. The molecule has 2 amide bonds. The fourth-order valence-electron chi connectivity index (χ4n) is 1.31. The number of carbonyl (C=O) groups is 2. The normalized spacial score (nSPS) is 11.7. The smallest absolute Gasteiger partial charge is 0.325 e. The van der Waals surface area contributed by atoms with Crippen molar-refractivity contribution < 1.29 is 14.7 Å². The van der Waals surface area contributed by atoms with Crippen molar-refractivity contribution in [3.8, 4) is 0 Å². The Morgan fingerprint density at radius 1 is 1.44 bits per heavy atom. The molecule has 0 aliphatic carbocycles. The van der Waals surface area contributed by atoms with Crippen molar-refractivity contribution >= 4 is 27.9 Å². The molecule has 0 saturated heterocycles. The fourth-order valence-corrected chi connectivity index (χ4v) is 1.72. The molecular weight excluding hydrogens is 300 g/mol. The van der Waals surface area contributed by atoms with Crippen molar-refractivity contribution in [3.63, 3.8) is 0 Å². The van der Waals surface area contributed by atoms with E-state index in [9.17, 15) is 9.59 Å². The van der Waals surface area contributed by atoms with Gasteiger partial charge in [0.25, 0.3) is 0 Å². The van der Waals surface area contributed by atoms with Gasteiger partial charge in [0.05, 0.1) is 0 Å². The topological polar surface area (TPSA) is 69.6 Å². The third kappa shape index (κ3) is 4.03. The molecule has 1 rings (SSSR count). The Morgan fingerprint density at radius 3 is 2.61 bits per heavy atom. The van der Waals surface area contributed by atoms with Crippen LogP contribution in [-0.2, 0) is 11.3 Å². The number of nitrogens with zero attached hydrogens (tertiary/aromatic N) is 1. The van der Waals surface area contributed by atoms with Crippen LogP contribution in [0.2, 0.25) is 0 Å². The highest BCUT2D eigenvalue weighted by molar-refractivity contribution is 9.10. The zero-order valence-electron chi connectivity index (χ0n) is 10.2. The van der Waals surface area contributed by atoms with Gasteiger partial charge in [-0.3, -0.25) is 4.79 Å². The highest BCUT2D eigenvalue weighted by Gasteiger charge is 2.17. The summed E-state index contributed by atoms with van der Waals surface area (Å²) in [6, 6.07) is 6.24. The molecule has 0 aliphatic rings. The predicted octanol–water partition coefficient (Wildman–Crippen LogP) is 2.06. The average molecular weight is 315 g/mol. The van der Waals surface area contributed by atoms with Crippen LogP contribution in [0, 0.1) is 0 Å². The van der Waals surface area contributed by atoms with Gasteiger partial charge in [-0.05, 0) is 18.6 Å². The third-order valence-electron chi connectivity index (χ3n) is 2.42. The Labute approximate surface area is 114 Å². The van der Waals surface area contributed by atoms with Gasteiger partial charge in [0.1, 0.15) is 6.04 Å². The molecule has 0 spiro atoms. The molecule has 5 nitrogen and oxygen atoms in total. The minimum absolute atomic E-state index is 0.402. The molecule has 98 valence electrons. The maximum Gasteiger partial charge on any atom is 0.325 e. The Bertz CT molecular complexity index is 451. The number of carbonyl (C=O) groups excluding carboxylic acids is 1. The number of benzene rings is 1. The van der Waals surface area contributed by atoms with E-state index in [1.54, 1.807) is 7.05 Å². The summed E-state index contributed by atoms with van der Waals surface area (Å²) >= 11 is 3.40. The Balaban J connectivity index is 2.60. The van der Waals surface area contributed by atoms with Crippen molar-refractivity contribution in [2.24, 2.45) is 0 Å². The van der Waals surface area contributed by atoms with Gasteiger partial charge in [-0.1, -0.05) is 34.1 Å². The lowest BCUT2D eigenvalue weighted by Crippen LogP contribution is -2.44. The molecule has 0 unspecified atom stereocenters. The predicted molar refractivity (Wildman–Crippen MR) is 71.2 cm³/mol. The number of rotatable bonds is 4. The molecule has 18 heavy (non-hydrogen) atoms. The minimum Gasteiger partial charge on any atom is -0.480 e. The standard InChI is InChI=1S/C12H15BrN2O3/c1-8(11(16)17)14-12(18)15(2)7-9-5-3-4-6-10(9)13/h3-6,8H,7H2,1-2H3,(H,14,18)(H,16,17)/t8-/m1/s1. The largest absolute Gasteiger partial charge is 0.480 e. The van der Waals surface area contributed by atoms with Crippen molar-refractivity contribution in [2.45, 2.75) is 19.5 Å². The van der Waals surface area contributed by atoms with Crippen molar-refractivity contribution in [2.75, 3.05) is 7.05 Å². The van der Waals surface area contributed by atoms with E-state index in [0.29, 0.717) is 6.54 Å². The van der Waals surface area contributed by atoms with E-state index >= 15 is 0 Å². The minimum atomic E-state index is -1.06. The summed E-state index contributed by atoms with van der Waals surface area (Å²) in [5.74, 6) is -1.06. The molecule has 1 atom stereocenters. The van der Waals surface area contributed by atoms with Crippen LogP contribution in [0.25, 0.3) is 0 Å². The molecule has 1 aromatic carbocycles. The molecule has 0 aromatic heterocycles. The molecule has 1 aromatic rings. The fraction of sp³-hybridized carbons (Fsp3) is 0.333. The summed E-state index contributed by atoms with van der Waals surface area (Å²) in [6.45, 7) is 1.83. The van der Waals surface area contributed by atoms with E-state index in [2.05, 4.69) is 21.2 Å². The molecule has 0 bridgehead atoms. The van der Waals surface area contributed by atoms with E-state index in [1.807, 2.05) is 24.3 Å². The summed E-state index contributed by atoms with van der Waals surface area (Å²) in [7, 11) is 1.61. The SMILES string of the molecule is C[C@@H](NC(=O)N(C)Cc1ccccc1Br)C(=O)O. The van der Waals surface area contributed by atoms with E-state index in [1.165, 1.54) is 11.8 Å². The molecule has 0 saturated carbocycles. The van der Waals surface area contributed by atoms with Crippen LogP contribution in [-0.4, -0.2) is 35.1 Å². The number of aliphatic carboxylic acids is 1. The van der Waals surface area contributed by atoms with Gasteiger partial charge >= 0.3 is 12.0 Å². The van der Waals surface area contributed by atoms with Crippen LogP contribution < -0.4 is 5.32 Å². The lowest BCUT2D eigenvalue weighted by atomic mass is 10.2. The van der Waals surface area contributed by atoms with E-state index in [-0.39, 0.29) is 0 Å². The summed E-state index contributed by atoms with van der Waals surface area (Å²) in [4.78, 5) is 23.8. The second-order valence-corrected chi connectivity index (χ2v) is 4.81. The second-order valence-electron chi connectivity index (χ2n) is 3.96. The van der Waals surface area contributed by atoms with Gasteiger partial charge < -0.3 is 15.3 Å². The highest BCUT2D eigenvalue weighted by Crippen LogP contribution is 2.17. The van der Waals surface area contributed by atoms with Gasteiger partial charge in [0.2, 0.25) is 0 Å². The summed E-state index contributed by atoms with van der Waals surface area (Å²) in [5, 5.41) is 11.1. The number of carboxylic acids is 1. The molecule has 0 radical (unpaired) electrons. The van der Waals surface area contributed by atoms with Crippen LogP contribution in [0.3, 0.4) is 0 Å². The summed E-state index contributed by atoms with van der Waals surface area (Å²) in [6.07, 6.45) is 0. The van der Waals surface area contributed by atoms with E-state index < -0.39 is 18.0 Å². The van der Waals surface area contributed by atoms with Crippen LogP contribution >= 0.6 is 15.9 Å². The number of halogens is 1. The first-order chi connectivity index (χ1) is 8.41. The van der Waals surface area contributed by atoms with Crippen molar-refractivity contribution in [1.82, 2.24) is 10.2 Å². The maximum atomic E-state index is 11.7. The van der Waals surface area contributed by atoms with Gasteiger partial charge in [-0.2, -0.15) is 0 Å². The first-order valence-corrected chi connectivity index (χ1v) is 6.19. The molecule has 0 fully saturated rings. The van der Waals surface area contributed by atoms with Crippen LogP contribution in [0.15, 0.2) is 28.7 Å². The van der Waals surface area contributed by atoms with Crippen molar-refractivity contribution in [1.29, 1.82) is 0 Å². The number of hydrogen-bond donors (Lipinski definition) is 2. The molecule has 2 N–H and O–H groups in total. The maximum absolute atomic E-state index is 11.7. The van der Waals surface area contributed by atoms with Gasteiger partial charge in [-0.15, -0.1) is 0 Å². The van der Waals surface area contributed by atoms with Crippen LogP contribution in [0.5, 0.6) is 0 Å². The molecule has 0 heterocycles. The highest BCUT2D eigenvalue weighted by atomic mass is 79.9. The first kappa shape index (κ1) is 14.5.